The maximum atomic E-state index is 9.05. The molecule has 0 radical (unpaired) electrons. The second-order valence-corrected chi connectivity index (χ2v) is 4.95. The van der Waals surface area contributed by atoms with E-state index in [4.69, 9.17) is 16.8 Å². The van der Waals surface area contributed by atoms with Crippen LogP contribution in [0.15, 0.2) is 40.9 Å². The number of hydrogen-bond donors (Lipinski definition) is 1. The van der Waals surface area contributed by atoms with Crippen molar-refractivity contribution in [3.63, 3.8) is 0 Å². The largest absolute Gasteiger partial charge is 0.411 e. The summed E-state index contributed by atoms with van der Waals surface area (Å²) in [5.74, 6) is 0.505. The number of aromatic nitrogens is 3. The molecule has 0 atom stereocenters. The van der Waals surface area contributed by atoms with E-state index in [-0.39, 0.29) is 0 Å². The molecule has 2 rings (SSSR count). The Bertz CT molecular complexity index is 552. The third-order valence-corrected chi connectivity index (χ3v) is 3.60. The maximum absolute atomic E-state index is 9.05. The first-order chi connectivity index (χ1) is 8.70. The lowest BCUT2D eigenvalue weighted by Crippen LogP contribution is -2.05. The predicted octanol–water partition coefficient (Wildman–Crippen LogP) is 2.44. The summed E-state index contributed by atoms with van der Waals surface area (Å²) in [5.41, 5.74) is 1.40. The Balaban J connectivity index is 2.07. The monoisotopic (exact) mass is 282 g/mol. The van der Waals surface area contributed by atoms with Gasteiger partial charge in [0.2, 0.25) is 0 Å². The van der Waals surface area contributed by atoms with Gasteiger partial charge in [-0.2, -0.15) is 0 Å². The van der Waals surface area contributed by atoms with Gasteiger partial charge in [-0.05, 0) is 12.1 Å². The summed E-state index contributed by atoms with van der Waals surface area (Å²) < 4.78 is 1.81. The molecule has 1 aromatic heterocycles. The summed E-state index contributed by atoms with van der Waals surface area (Å²) in [7, 11) is 1.86. The molecular weight excluding hydrogens is 272 g/mol. The van der Waals surface area contributed by atoms with Crippen LogP contribution in [0.2, 0.25) is 5.02 Å². The van der Waals surface area contributed by atoms with Gasteiger partial charge >= 0.3 is 0 Å². The molecule has 0 saturated carbocycles. The molecule has 0 bridgehead atoms. The topological polar surface area (TPSA) is 63.3 Å². The molecule has 0 aliphatic rings. The van der Waals surface area contributed by atoms with Gasteiger partial charge in [0.25, 0.3) is 0 Å². The molecule has 5 nitrogen and oxygen atoms in total. The fourth-order valence-electron chi connectivity index (χ4n) is 1.35. The van der Waals surface area contributed by atoms with Gasteiger partial charge in [0.1, 0.15) is 6.33 Å². The molecule has 94 valence electrons. The Labute approximate surface area is 113 Å². The SMILES string of the molecule is Cn1cnnc1SC/C(=N\O)c1ccc(Cl)cc1. The van der Waals surface area contributed by atoms with E-state index >= 15 is 0 Å². The van der Waals surface area contributed by atoms with Crippen molar-refractivity contribution in [2.45, 2.75) is 5.16 Å². The van der Waals surface area contributed by atoms with Crippen molar-refractivity contribution >= 4 is 29.1 Å². The maximum Gasteiger partial charge on any atom is 0.191 e. The fraction of sp³-hybridized carbons (Fsp3) is 0.182. The van der Waals surface area contributed by atoms with Crippen molar-refractivity contribution in [2.75, 3.05) is 5.75 Å². The standard InChI is InChI=1S/C11H11ClN4OS/c1-16-7-13-14-11(16)18-6-10(15-17)8-2-4-9(12)5-3-8/h2-5,7,17H,6H2,1H3/b15-10+. The highest BCUT2D eigenvalue weighted by Gasteiger charge is 2.08. The van der Waals surface area contributed by atoms with Crippen LogP contribution in [0.5, 0.6) is 0 Å². The van der Waals surface area contributed by atoms with E-state index in [1.54, 1.807) is 18.5 Å². The van der Waals surface area contributed by atoms with Gasteiger partial charge < -0.3 is 9.77 Å². The number of hydrogen-bond acceptors (Lipinski definition) is 5. The van der Waals surface area contributed by atoms with E-state index in [0.29, 0.717) is 16.5 Å². The first kappa shape index (κ1) is 12.9. The van der Waals surface area contributed by atoms with E-state index in [0.717, 1.165) is 10.7 Å². The summed E-state index contributed by atoms with van der Waals surface area (Å²) in [6.45, 7) is 0. The number of halogens is 1. The van der Waals surface area contributed by atoms with E-state index in [1.165, 1.54) is 11.8 Å². The Kier molecular flexibility index (Phi) is 4.22. The summed E-state index contributed by atoms with van der Waals surface area (Å²) >= 11 is 7.26. The van der Waals surface area contributed by atoms with Crippen molar-refractivity contribution in [3.05, 3.63) is 41.2 Å². The van der Waals surface area contributed by atoms with Crippen LogP contribution in [0.25, 0.3) is 0 Å². The van der Waals surface area contributed by atoms with Gasteiger partial charge in [-0.25, -0.2) is 0 Å². The molecule has 7 heteroatoms. The van der Waals surface area contributed by atoms with Gasteiger partial charge in [0.15, 0.2) is 5.16 Å². The highest BCUT2D eigenvalue weighted by molar-refractivity contribution is 7.99. The molecule has 0 aliphatic heterocycles. The molecule has 18 heavy (non-hydrogen) atoms. The zero-order valence-corrected chi connectivity index (χ0v) is 11.2. The summed E-state index contributed by atoms with van der Waals surface area (Å²) in [5, 5.41) is 21.5. The number of thioether (sulfide) groups is 1. The lowest BCUT2D eigenvalue weighted by Gasteiger charge is -2.04. The Morgan fingerprint density at radius 3 is 2.72 bits per heavy atom. The van der Waals surface area contributed by atoms with Crippen LogP contribution in [0, 0.1) is 0 Å². The average molecular weight is 283 g/mol. The van der Waals surface area contributed by atoms with Crippen LogP contribution in [0.3, 0.4) is 0 Å². The molecule has 0 amide bonds. The molecule has 0 spiro atoms. The lowest BCUT2D eigenvalue weighted by atomic mass is 10.1. The molecule has 0 fully saturated rings. The van der Waals surface area contributed by atoms with Crippen LogP contribution in [-0.2, 0) is 7.05 Å². The second-order valence-electron chi connectivity index (χ2n) is 3.57. The minimum atomic E-state index is 0.505. The van der Waals surface area contributed by atoms with Gasteiger partial charge in [0.05, 0.1) is 5.71 Å². The number of rotatable bonds is 4. The van der Waals surface area contributed by atoms with E-state index in [2.05, 4.69) is 15.4 Å². The highest BCUT2D eigenvalue weighted by Crippen LogP contribution is 2.17. The molecule has 2 aromatic rings. The van der Waals surface area contributed by atoms with Crippen LogP contribution in [0.1, 0.15) is 5.56 Å². The molecule has 0 aliphatic carbocycles. The highest BCUT2D eigenvalue weighted by atomic mass is 35.5. The van der Waals surface area contributed by atoms with E-state index in [1.807, 2.05) is 23.7 Å². The van der Waals surface area contributed by atoms with Gasteiger partial charge in [-0.1, -0.05) is 40.7 Å². The molecular formula is C11H11ClN4OS. The van der Waals surface area contributed by atoms with Crippen LogP contribution >= 0.6 is 23.4 Å². The van der Waals surface area contributed by atoms with Gasteiger partial charge in [-0.3, -0.25) is 0 Å². The van der Waals surface area contributed by atoms with E-state index in [9.17, 15) is 0 Å². The zero-order chi connectivity index (χ0) is 13.0. The Hall–Kier alpha value is -1.53. The normalized spacial score (nSPS) is 11.8. The summed E-state index contributed by atoms with van der Waals surface area (Å²) in [4.78, 5) is 0. The summed E-state index contributed by atoms with van der Waals surface area (Å²) in [6, 6.07) is 7.15. The van der Waals surface area contributed by atoms with E-state index < -0.39 is 0 Å². The van der Waals surface area contributed by atoms with Crippen molar-refractivity contribution in [2.24, 2.45) is 12.2 Å². The van der Waals surface area contributed by atoms with Crippen molar-refractivity contribution < 1.29 is 5.21 Å². The van der Waals surface area contributed by atoms with Crippen LogP contribution in [-0.4, -0.2) is 31.4 Å². The van der Waals surface area contributed by atoms with Crippen LogP contribution < -0.4 is 0 Å². The molecule has 1 heterocycles. The Morgan fingerprint density at radius 2 is 2.17 bits per heavy atom. The predicted molar refractivity (Wildman–Crippen MR) is 71.5 cm³/mol. The molecule has 0 unspecified atom stereocenters. The number of aryl methyl sites for hydroxylation is 1. The summed E-state index contributed by atoms with van der Waals surface area (Å²) in [6.07, 6.45) is 1.63. The number of oxime groups is 1. The third-order valence-electron chi connectivity index (χ3n) is 2.31. The van der Waals surface area contributed by atoms with Crippen molar-refractivity contribution in [1.29, 1.82) is 0 Å². The third kappa shape index (κ3) is 3.02. The Morgan fingerprint density at radius 1 is 1.44 bits per heavy atom. The minimum Gasteiger partial charge on any atom is -0.411 e. The molecule has 1 N–H and O–H groups in total. The van der Waals surface area contributed by atoms with Crippen LogP contribution in [0.4, 0.5) is 0 Å². The van der Waals surface area contributed by atoms with Crippen molar-refractivity contribution in [3.8, 4) is 0 Å². The second kappa shape index (κ2) is 5.88. The van der Waals surface area contributed by atoms with Crippen molar-refractivity contribution in [1.82, 2.24) is 14.8 Å². The number of nitrogens with zero attached hydrogens (tertiary/aromatic N) is 4. The molecule has 1 aromatic carbocycles. The first-order valence-electron chi connectivity index (χ1n) is 5.14. The number of benzene rings is 1. The zero-order valence-electron chi connectivity index (χ0n) is 9.62. The fourth-order valence-corrected chi connectivity index (χ4v) is 2.32. The quantitative estimate of drug-likeness (QED) is 0.405. The average Bonchev–Trinajstić information content (AvgIpc) is 2.78. The van der Waals surface area contributed by atoms with Gasteiger partial charge in [0, 0.05) is 23.4 Å². The lowest BCUT2D eigenvalue weighted by molar-refractivity contribution is 0.319. The smallest absolute Gasteiger partial charge is 0.191 e. The minimum absolute atomic E-state index is 0.505. The molecule has 0 saturated heterocycles. The van der Waals surface area contributed by atoms with Gasteiger partial charge in [-0.15, -0.1) is 10.2 Å². The first-order valence-corrected chi connectivity index (χ1v) is 6.50.